The van der Waals surface area contributed by atoms with Crippen molar-refractivity contribution in [1.82, 2.24) is 0 Å². The van der Waals surface area contributed by atoms with Gasteiger partial charge in [-0.25, -0.2) is 0 Å². The number of hydrogen-bond donors (Lipinski definition) is 0. The van der Waals surface area contributed by atoms with Crippen molar-refractivity contribution < 1.29 is 61.8 Å². The summed E-state index contributed by atoms with van der Waals surface area (Å²) >= 11 is 0. The molecule has 0 spiro atoms. The largest absolute Gasteiger partial charge is 0.491 e. The number of hydrogen-bond acceptors (Lipinski definition) is 14. The van der Waals surface area contributed by atoms with Crippen LogP contribution in [0.1, 0.15) is 16.7 Å². The monoisotopic (exact) mass is 865 g/mol. The molecule has 0 N–H and O–H groups in total. The average Bonchev–Trinajstić information content (AvgIpc) is 3.31. The highest BCUT2D eigenvalue weighted by molar-refractivity contribution is 5.47. The Hall–Kier alpha value is -4.36. The standard InChI is InChI=1S/C47H63NO14/c49-48(50)45-16-18-46(19-17-45)61-40-38-59-36-34-57-32-30-55-28-26-53-24-22-51-20-21-52-23-25-54-27-29-56-31-33-58-35-37-60-39-41-62-47(42-10-4-1-5-11-42,43-12-6-2-7-13-43)44-14-8-3-9-15-44/h1-19H,20-41H2. The zero-order valence-electron chi connectivity index (χ0n) is 35.7. The summed E-state index contributed by atoms with van der Waals surface area (Å²) in [6, 6.07) is 36.8. The predicted octanol–water partition coefficient (Wildman–Crippen LogP) is 6.15. The number of nitro groups is 1. The first-order valence-corrected chi connectivity index (χ1v) is 21.2. The van der Waals surface area contributed by atoms with Crippen molar-refractivity contribution in [3.63, 3.8) is 0 Å². The highest BCUT2D eigenvalue weighted by Crippen LogP contribution is 2.40. The zero-order valence-corrected chi connectivity index (χ0v) is 35.7. The van der Waals surface area contributed by atoms with Gasteiger partial charge in [0.1, 0.15) is 18.0 Å². The van der Waals surface area contributed by atoms with Gasteiger partial charge >= 0.3 is 0 Å². The summed E-state index contributed by atoms with van der Waals surface area (Å²) < 4.78 is 67.8. The minimum Gasteiger partial charge on any atom is -0.491 e. The molecular weight excluding hydrogens is 803 g/mol. The Morgan fingerprint density at radius 1 is 0.339 bits per heavy atom. The van der Waals surface area contributed by atoms with Crippen LogP contribution in [0.3, 0.4) is 0 Å². The van der Waals surface area contributed by atoms with E-state index in [0.29, 0.717) is 151 Å². The lowest BCUT2D eigenvalue weighted by Crippen LogP contribution is -2.34. The van der Waals surface area contributed by atoms with E-state index in [-0.39, 0.29) is 5.69 Å². The lowest BCUT2D eigenvalue weighted by atomic mass is 9.80. The van der Waals surface area contributed by atoms with E-state index in [1.807, 2.05) is 54.6 Å². The smallest absolute Gasteiger partial charge is 0.269 e. The van der Waals surface area contributed by atoms with Gasteiger partial charge in [0, 0.05) is 12.1 Å². The molecule has 4 aromatic carbocycles. The fourth-order valence-electron chi connectivity index (χ4n) is 5.99. The second kappa shape index (κ2) is 33.2. The summed E-state index contributed by atoms with van der Waals surface area (Å²) in [6.45, 7) is 10.0. The Morgan fingerprint density at radius 3 is 0.871 bits per heavy atom. The minimum atomic E-state index is -0.761. The molecule has 0 aliphatic rings. The van der Waals surface area contributed by atoms with Gasteiger partial charge in [0.15, 0.2) is 0 Å². The summed E-state index contributed by atoms with van der Waals surface area (Å²) in [5, 5.41) is 10.7. The molecule has 4 aromatic rings. The first-order chi connectivity index (χ1) is 30.7. The highest BCUT2D eigenvalue weighted by Gasteiger charge is 2.37. The van der Waals surface area contributed by atoms with E-state index in [9.17, 15) is 10.1 Å². The Balaban J connectivity index is 0.839. The Bertz CT molecular complexity index is 1560. The van der Waals surface area contributed by atoms with Gasteiger partial charge in [0.25, 0.3) is 5.69 Å². The van der Waals surface area contributed by atoms with Crippen molar-refractivity contribution in [1.29, 1.82) is 0 Å². The molecule has 0 fully saturated rings. The molecule has 15 heteroatoms. The summed E-state index contributed by atoms with van der Waals surface area (Å²) in [4.78, 5) is 10.2. The summed E-state index contributed by atoms with van der Waals surface area (Å²) in [5.74, 6) is 0.553. The maximum atomic E-state index is 10.7. The number of ether oxygens (including phenoxy) is 12. The number of nitro benzene ring substituents is 1. The molecule has 340 valence electrons. The van der Waals surface area contributed by atoms with Crippen molar-refractivity contribution in [3.05, 3.63) is 142 Å². The van der Waals surface area contributed by atoms with Gasteiger partial charge in [-0.3, -0.25) is 10.1 Å². The van der Waals surface area contributed by atoms with E-state index < -0.39 is 10.5 Å². The summed E-state index contributed by atoms with van der Waals surface area (Å²) in [7, 11) is 0. The third kappa shape index (κ3) is 20.7. The lowest BCUT2D eigenvalue weighted by Gasteiger charge is -2.36. The normalized spacial score (nSPS) is 11.5. The number of rotatable bonds is 39. The first kappa shape index (κ1) is 50.3. The van der Waals surface area contributed by atoms with E-state index in [1.165, 1.54) is 12.1 Å². The van der Waals surface area contributed by atoms with E-state index in [1.54, 1.807) is 12.1 Å². The molecule has 0 unspecified atom stereocenters. The second-order valence-corrected chi connectivity index (χ2v) is 13.4. The lowest BCUT2D eigenvalue weighted by molar-refractivity contribution is -0.384. The summed E-state index contributed by atoms with van der Waals surface area (Å²) in [5.41, 5.74) is 2.44. The quantitative estimate of drug-likeness (QED) is 0.0218. The predicted molar refractivity (Wildman–Crippen MR) is 232 cm³/mol. The van der Waals surface area contributed by atoms with Gasteiger partial charge in [-0.15, -0.1) is 0 Å². The zero-order chi connectivity index (χ0) is 43.4. The fraction of sp³-hybridized carbons (Fsp3) is 0.489. The van der Waals surface area contributed by atoms with Crippen molar-refractivity contribution in [2.45, 2.75) is 5.60 Å². The average molecular weight is 866 g/mol. The Kier molecular flexibility index (Phi) is 27.0. The number of nitrogens with zero attached hydrogens (tertiary/aromatic N) is 1. The molecule has 0 amide bonds. The van der Waals surface area contributed by atoms with Crippen LogP contribution >= 0.6 is 0 Å². The van der Waals surface area contributed by atoms with Gasteiger partial charge in [0.05, 0.1) is 144 Å². The molecule has 0 radical (unpaired) electrons. The van der Waals surface area contributed by atoms with Gasteiger partial charge in [-0.05, 0) is 28.8 Å². The molecular formula is C47H63NO14. The number of non-ortho nitro benzene ring substituents is 1. The molecule has 4 rings (SSSR count). The fourth-order valence-corrected chi connectivity index (χ4v) is 5.99. The molecule has 0 aliphatic heterocycles. The molecule has 0 bridgehead atoms. The maximum absolute atomic E-state index is 10.7. The third-order valence-corrected chi connectivity index (χ3v) is 8.98. The minimum absolute atomic E-state index is 0.0234. The van der Waals surface area contributed by atoms with Crippen molar-refractivity contribution in [2.24, 2.45) is 0 Å². The molecule has 0 heterocycles. The van der Waals surface area contributed by atoms with Crippen molar-refractivity contribution >= 4 is 5.69 Å². The first-order valence-electron chi connectivity index (χ1n) is 21.2. The van der Waals surface area contributed by atoms with Gasteiger partial charge in [-0.2, -0.15) is 0 Å². The third-order valence-electron chi connectivity index (χ3n) is 8.98. The Labute approximate surface area is 365 Å². The van der Waals surface area contributed by atoms with Crippen molar-refractivity contribution in [2.75, 3.05) is 145 Å². The van der Waals surface area contributed by atoms with Crippen LogP contribution in [0.4, 0.5) is 5.69 Å². The molecule has 0 saturated heterocycles. The molecule has 0 atom stereocenters. The summed E-state index contributed by atoms with van der Waals surface area (Å²) in [6.07, 6.45) is 0. The van der Waals surface area contributed by atoms with Crippen LogP contribution in [-0.2, 0) is 57.7 Å². The van der Waals surface area contributed by atoms with Crippen LogP contribution in [0.2, 0.25) is 0 Å². The molecule has 62 heavy (non-hydrogen) atoms. The van der Waals surface area contributed by atoms with Gasteiger partial charge in [0.2, 0.25) is 0 Å². The van der Waals surface area contributed by atoms with Crippen LogP contribution in [0.15, 0.2) is 115 Å². The van der Waals surface area contributed by atoms with Crippen LogP contribution in [0.5, 0.6) is 5.75 Å². The van der Waals surface area contributed by atoms with Crippen LogP contribution < -0.4 is 4.74 Å². The number of benzene rings is 4. The molecule has 0 aromatic heterocycles. The van der Waals surface area contributed by atoms with E-state index in [4.69, 9.17) is 56.8 Å². The van der Waals surface area contributed by atoms with E-state index in [2.05, 4.69) is 36.4 Å². The molecule has 0 saturated carbocycles. The van der Waals surface area contributed by atoms with Crippen LogP contribution in [-0.4, -0.2) is 150 Å². The van der Waals surface area contributed by atoms with E-state index in [0.717, 1.165) is 16.7 Å². The molecule has 15 nitrogen and oxygen atoms in total. The molecule has 0 aliphatic carbocycles. The topological polar surface area (TPSA) is 154 Å². The SMILES string of the molecule is O=[N+]([O-])c1ccc(OCCOCCOCCOCCOCCOCCOCCOCCOCCOCCOCCOC(c2ccccc2)(c2ccccc2)c2ccccc2)cc1. The van der Waals surface area contributed by atoms with Gasteiger partial charge in [-0.1, -0.05) is 91.0 Å². The second-order valence-electron chi connectivity index (χ2n) is 13.4. The van der Waals surface area contributed by atoms with Crippen LogP contribution in [0.25, 0.3) is 0 Å². The van der Waals surface area contributed by atoms with Crippen molar-refractivity contribution in [3.8, 4) is 5.75 Å². The van der Waals surface area contributed by atoms with Gasteiger partial charge < -0.3 is 56.8 Å². The highest BCUT2D eigenvalue weighted by atomic mass is 16.6. The Morgan fingerprint density at radius 2 is 0.597 bits per heavy atom. The van der Waals surface area contributed by atoms with Crippen LogP contribution in [0, 0.1) is 10.1 Å². The maximum Gasteiger partial charge on any atom is 0.269 e. The van der Waals surface area contributed by atoms with E-state index >= 15 is 0 Å².